The van der Waals surface area contributed by atoms with Gasteiger partial charge in [-0.05, 0) is 37.6 Å². The molecular formula is C19H15F2N7O. The van der Waals surface area contributed by atoms with Crippen LogP contribution in [0.15, 0.2) is 30.3 Å². The zero-order valence-corrected chi connectivity index (χ0v) is 15.5. The summed E-state index contributed by atoms with van der Waals surface area (Å²) in [6, 6.07) is 6.84. The number of aryl methyl sites for hydroxylation is 2. The molecule has 0 saturated heterocycles. The number of anilines is 1. The quantitative estimate of drug-likeness (QED) is 0.564. The summed E-state index contributed by atoms with van der Waals surface area (Å²) in [4.78, 5) is 12.4. The van der Waals surface area contributed by atoms with Gasteiger partial charge in [-0.2, -0.15) is 14.3 Å². The first-order chi connectivity index (χ1) is 13.9. The van der Waals surface area contributed by atoms with Crippen molar-refractivity contribution in [3.05, 3.63) is 64.6 Å². The van der Waals surface area contributed by atoms with Crippen molar-refractivity contribution in [2.45, 2.75) is 26.2 Å². The Hall–Kier alpha value is -3.69. The molecule has 4 aromatic rings. The summed E-state index contributed by atoms with van der Waals surface area (Å²) in [6.45, 7) is 3.56. The van der Waals surface area contributed by atoms with E-state index in [1.165, 1.54) is 16.8 Å². The fraction of sp³-hybridized carbons (Fsp3) is 0.211. The molecule has 1 aliphatic heterocycles. The van der Waals surface area contributed by atoms with Gasteiger partial charge in [-0.3, -0.25) is 4.79 Å². The van der Waals surface area contributed by atoms with Gasteiger partial charge in [0.25, 0.3) is 0 Å². The summed E-state index contributed by atoms with van der Waals surface area (Å²) in [6.07, 6.45) is 0.0408. The first kappa shape index (κ1) is 17.4. The van der Waals surface area contributed by atoms with Crippen LogP contribution in [0.4, 0.5) is 14.6 Å². The van der Waals surface area contributed by atoms with E-state index in [-0.39, 0.29) is 17.9 Å². The smallest absolute Gasteiger partial charge is 0.226 e. The van der Waals surface area contributed by atoms with Crippen LogP contribution in [0.25, 0.3) is 11.5 Å². The van der Waals surface area contributed by atoms with Gasteiger partial charge in [0.2, 0.25) is 5.91 Å². The third-order valence-electron chi connectivity index (χ3n) is 5.06. The van der Waals surface area contributed by atoms with Crippen molar-refractivity contribution in [3.8, 4) is 5.82 Å². The largest absolute Gasteiger partial charge is 0.310 e. The molecule has 0 bridgehead atoms. The molecule has 1 atom stereocenters. The molecule has 10 heteroatoms. The Morgan fingerprint density at radius 1 is 1.10 bits per heavy atom. The summed E-state index contributed by atoms with van der Waals surface area (Å²) >= 11 is 0. The molecular weight excluding hydrogens is 380 g/mol. The van der Waals surface area contributed by atoms with Crippen molar-refractivity contribution < 1.29 is 13.6 Å². The highest BCUT2D eigenvalue weighted by atomic mass is 19.1. The highest BCUT2D eigenvalue weighted by Gasteiger charge is 2.34. The third kappa shape index (κ3) is 2.67. The average Bonchev–Trinajstić information content (AvgIpc) is 3.21. The second kappa shape index (κ2) is 6.16. The molecule has 0 spiro atoms. The van der Waals surface area contributed by atoms with Gasteiger partial charge in [-0.15, -0.1) is 15.3 Å². The number of benzene rings is 1. The van der Waals surface area contributed by atoms with Crippen LogP contribution in [-0.4, -0.2) is 35.5 Å². The maximum absolute atomic E-state index is 14.5. The van der Waals surface area contributed by atoms with E-state index in [2.05, 4.69) is 25.7 Å². The molecule has 4 heterocycles. The summed E-state index contributed by atoms with van der Waals surface area (Å²) in [5.74, 6) is -0.740. The van der Waals surface area contributed by atoms with E-state index in [1.807, 2.05) is 0 Å². The lowest BCUT2D eigenvalue weighted by Gasteiger charge is -2.24. The molecule has 8 nitrogen and oxygen atoms in total. The number of halogens is 2. The molecule has 146 valence electrons. The van der Waals surface area contributed by atoms with Gasteiger partial charge < -0.3 is 5.32 Å². The molecule has 0 unspecified atom stereocenters. The molecule has 1 amide bonds. The lowest BCUT2D eigenvalue weighted by atomic mass is 9.85. The maximum Gasteiger partial charge on any atom is 0.226 e. The Balaban J connectivity index is 1.69. The molecule has 0 radical (unpaired) electrons. The van der Waals surface area contributed by atoms with E-state index in [1.54, 1.807) is 30.5 Å². The highest BCUT2D eigenvalue weighted by molar-refractivity contribution is 5.95. The Bertz CT molecular complexity index is 1290. The predicted octanol–water partition coefficient (Wildman–Crippen LogP) is 2.68. The van der Waals surface area contributed by atoms with Crippen molar-refractivity contribution in [2.75, 3.05) is 5.32 Å². The van der Waals surface area contributed by atoms with Gasteiger partial charge in [0, 0.05) is 24.0 Å². The van der Waals surface area contributed by atoms with E-state index < -0.39 is 17.6 Å². The summed E-state index contributed by atoms with van der Waals surface area (Å²) in [5, 5.41) is 19.8. The minimum atomic E-state index is -0.692. The lowest BCUT2D eigenvalue weighted by Crippen LogP contribution is -2.25. The number of hydrogen-bond donors (Lipinski definition) is 1. The first-order valence-corrected chi connectivity index (χ1v) is 8.96. The normalized spacial score (nSPS) is 16.1. The van der Waals surface area contributed by atoms with Crippen LogP contribution in [0.1, 0.15) is 35.0 Å². The molecule has 1 N–H and O–H groups in total. The van der Waals surface area contributed by atoms with Crippen molar-refractivity contribution >= 4 is 17.4 Å². The predicted molar refractivity (Wildman–Crippen MR) is 98.8 cm³/mol. The number of nitrogens with zero attached hydrogens (tertiary/aromatic N) is 6. The lowest BCUT2D eigenvalue weighted by molar-refractivity contribution is -0.116. The van der Waals surface area contributed by atoms with E-state index in [9.17, 15) is 13.6 Å². The highest BCUT2D eigenvalue weighted by Crippen LogP contribution is 2.40. The zero-order valence-electron chi connectivity index (χ0n) is 15.5. The molecule has 0 aliphatic carbocycles. The number of aromatic nitrogens is 6. The zero-order chi connectivity index (χ0) is 20.3. The van der Waals surface area contributed by atoms with E-state index in [0.717, 1.165) is 6.07 Å². The molecule has 0 saturated carbocycles. The van der Waals surface area contributed by atoms with Crippen LogP contribution in [0.3, 0.4) is 0 Å². The van der Waals surface area contributed by atoms with E-state index in [0.29, 0.717) is 34.4 Å². The van der Waals surface area contributed by atoms with Crippen LogP contribution in [0.5, 0.6) is 0 Å². The fourth-order valence-corrected chi connectivity index (χ4v) is 3.76. The average molecular weight is 395 g/mol. The number of fused-ring (bicyclic) bond motifs is 2. The second-order valence-electron chi connectivity index (χ2n) is 6.94. The number of rotatable bonds is 2. The maximum atomic E-state index is 14.5. The SMILES string of the molecule is Cc1nn(-c2ccc3nnc(C)n3n2)c2c1[C@H](c1ccc(F)cc1F)CC(=O)N2. The summed E-state index contributed by atoms with van der Waals surface area (Å²) < 4.78 is 30.9. The second-order valence-corrected chi connectivity index (χ2v) is 6.94. The minimum Gasteiger partial charge on any atom is -0.310 e. The summed E-state index contributed by atoms with van der Waals surface area (Å²) in [7, 11) is 0. The third-order valence-corrected chi connectivity index (χ3v) is 5.06. The van der Waals surface area contributed by atoms with Crippen LogP contribution in [0, 0.1) is 25.5 Å². The number of amides is 1. The van der Waals surface area contributed by atoms with Crippen LogP contribution >= 0.6 is 0 Å². The number of carbonyl (C=O) groups is 1. The van der Waals surface area contributed by atoms with Gasteiger partial charge >= 0.3 is 0 Å². The standard InChI is InChI=1S/C19H15F2N7O/c1-9-18-13(12-4-3-11(20)7-14(12)21)8-17(29)22-19(18)28(25-9)16-6-5-15-24-23-10(2)27(15)26-16/h3-7,13H,8H2,1-2H3,(H,22,29)/t13-/m0/s1. The van der Waals surface area contributed by atoms with Gasteiger partial charge in [-0.1, -0.05) is 6.07 Å². The van der Waals surface area contributed by atoms with E-state index in [4.69, 9.17) is 0 Å². The van der Waals surface area contributed by atoms with Crippen molar-refractivity contribution in [1.29, 1.82) is 0 Å². The Morgan fingerprint density at radius 3 is 2.72 bits per heavy atom. The van der Waals surface area contributed by atoms with Gasteiger partial charge in [0.15, 0.2) is 17.3 Å². The summed E-state index contributed by atoms with van der Waals surface area (Å²) in [5.41, 5.74) is 2.14. The van der Waals surface area contributed by atoms with Gasteiger partial charge in [-0.25, -0.2) is 8.78 Å². The monoisotopic (exact) mass is 395 g/mol. The molecule has 1 aromatic carbocycles. The molecule has 29 heavy (non-hydrogen) atoms. The first-order valence-electron chi connectivity index (χ1n) is 8.96. The molecule has 3 aromatic heterocycles. The topological polar surface area (TPSA) is 90.0 Å². The van der Waals surface area contributed by atoms with Gasteiger partial charge in [0.1, 0.15) is 17.5 Å². The minimum absolute atomic E-state index is 0.0408. The van der Waals surface area contributed by atoms with Crippen LogP contribution in [0.2, 0.25) is 0 Å². The van der Waals surface area contributed by atoms with Crippen molar-refractivity contribution in [3.63, 3.8) is 0 Å². The Labute approximate surface area is 163 Å². The Kier molecular flexibility index (Phi) is 3.70. The van der Waals surface area contributed by atoms with E-state index >= 15 is 0 Å². The van der Waals surface area contributed by atoms with Gasteiger partial charge in [0.05, 0.1) is 5.69 Å². The van der Waals surface area contributed by atoms with Crippen molar-refractivity contribution in [2.24, 2.45) is 0 Å². The van der Waals surface area contributed by atoms with Crippen molar-refractivity contribution in [1.82, 2.24) is 29.6 Å². The fourth-order valence-electron chi connectivity index (χ4n) is 3.76. The molecule has 5 rings (SSSR count). The number of hydrogen-bond acceptors (Lipinski definition) is 5. The van der Waals surface area contributed by atoms with Crippen LogP contribution in [-0.2, 0) is 4.79 Å². The Morgan fingerprint density at radius 2 is 1.93 bits per heavy atom. The number of nitrogens with one attached hydrogen (secondary N) is 1. The number of carbonyl (C=O) groups excluding carboxylic acids is 1. The van der Waals surface area contributed by atoms with Crippen LogP contribution < -0.4 is 5.32 Å². The molecule has 1 aliphatic rings. The molecule has 0 fully saturated rings.